The normalized spacial score (nSPS) is 15.9. The van der Waals surface area contributed by atoms with E-state index < -0.39 is 0 Å². The number of carbonyl (C=O) groups excluding carboxylic acids is 2. The smallest absolute Gasteiger partial charge is 0.227 e. The van der Waals surface area contributed by atoms with Crippen LogP contribution in [0.3, 0.4) is 0 Å². The highest BCUT2D eigenvalue weighted by Gasteiger charge is 2.35. The van der Waals surface area contributed by atoms with Crippen LogP contribution in [0.1, 0.15) is 29.7 Å². The highest BCUT2D eigenvalue weighted by atomic mass is 16.2. The van der Waals surface area contributed by atoms with E-state index in [4.69, 9.17) is 0 Å². The molecule has 1 atom stereocenters. The van der Waals surface area contributed by atoms with Crippen LogP contribution in [0.2, 0.25) is 0 Å². The molecule has 0 aliphatic carbocycles. The lowest BCUT2D eigenvalue weighted by Crippen LogP contribution is -2.35. The number of carbonyl (C=O) groups is 2. The number of aromatic amines is 1. The molecule has 2 heterocycles. The van der Waals surface area contributed by atoms with Crippen LogP contribution in [-0.2, 0) is 22.6 Å². The molecule has 6 heteroatoms. The molecule has 1 aliphatic heterocycles. The molecule has 4 rings (SSSR count). The van der Waals surface area contributed by atoms with Crippen LogP contribution < -0.4 is 0 Å². The number of nitrogens with zero attached hydrogens (tertiary/aromatic N) is 3. The number of aryl methyl sites for hydroxylation is 2. The van der Waals surface area contributed by atoms with Gasteiger partial charge in [0.15, 0.2) is 0 Å². The molecule has 6 nitrogen and oxygen atoms in total. The van der Waals surface area contributed by atoms with Gasteiger partial charge in [-0.2, -0.15) is 5.10 Å². The zero-order valence-electron chi connectivity index (χ0n) is 18.8. The first-order valence-electron chi connectivity index (χ1n) is 11.2. The fourth-order valence-corrected chi connectivity index (χ4v) is 4.18. The highest BCUT2D eigenvalue weighted by molar-refractivity contribution is 5.89. The fourth-order valence-electron chi connectivity index (χ4n) is 4.18. The van der Waals surface area contributed by atoms with E-state index in [2.05, 4.69) is 28.4 Å². The first-order chi connectivity index (χ1) is 15.5. The molecule has 1 N–H and O–H groups in total. The molecule has 0 spiro atoms. The van der Waals surface area contributed by atoms with Crippen molar-refractivity contribution in [2.75, 3.05) is 20.1 Å². The zero-order chi connectivity index (χ0) is 22.5. The van der Waals surface area contributed by atoms with E-state index in [1.165, 1.54) is 5.56 Å². The Morgan fingerprint density at radius 1 is 1.16 bits per heavy atom. The largest absolute Gasteiger partial charge is 0.345 e. The Hall–Kier alpha value is -3.41. The summed E-state index contributed by atoms with van der Waals surface area (Å²) in [5, 5.41) is 7.49. The molecule has 166 valence electrons. The van der Waals surface area contributed by atoms with Gasteiger partial charge in [-0.25, -0.2) is 0 Å². The summed E-state index contributed by atoms with van der Waals surface area (Å²) >= 11 is 0. The number of H-pyrrole nitrogens is 1. The van der Waals surface area contributed by atoms with E-state index >= 15 is 0 Å². The second-order valence-electron chi connectivity index (χ2n) is 8.67. The van der Waals surface area contributed by atoms with Crippen molar-refractivity contribution in [3.8, 4) is 11.3 Å². The molecule has 2 aromatic carbocycles. The number of rotatable bonds is 8. The molecule has 1 unspecified atom stereocenters. The fraction of sp³-hybridized carbons (Fsp3) is 0.346. The summed E-state index contributed by atoms with van der Waals surface area (Å²) < 4.78 is 0. The summed E-state index contributed by atoms with van der Waals surface area (Å²) in [4.78, 5) is 28.9. The van der Waals surface area contributed by atoms with Crippen LogP contribution >= 0.6 is 0 Å². The first kappa shape index (κ1) is 21.8. The van der Waals surface area contributed by atoms with Crippen LogP contribution in [0.5, 0.6) is 0 Å². The van der Waals surface area contributed by atoms with Crippen molar-refractivity contribution in [3.05, 3.63) is 77.5 Å². The second-order valence-corrected chi connectivity index (χ2v) is 8.67. The summed E-state index contributed by atoms with van der Waals surface area (Å²) in [7, 11) is 1.83. The molecule has 32 heavy (non-hydrogen) atoms. The predicted molar refractivity (Wildman–Crippen MR) is 125 cm³/mol. The van der Waals surface area contributed by atoms with Crippen molar-refractivity contribution in [3.63, 3.8) is 0 Å². The zero-order valence-corrected chi connectivity index (χ0v) is 18.8. The average molecular weight is 431 g/mol. The van der Waals surface area contributed by atoms with Crippen LogP contribution in [0, 0.1) is 12.8 Å². The third-order valence-corrected chi connectivity index (χ3v) is 6.07. The third-order valence-electron chi connectivity index (χ3n) is 6.07. The summed E-state index contributed by atoms with van der Waals surface area (Å²) in [6.45, 7) is 3.76. The van der Waals surface area contributed by atoms with Crippen LogP contribution in [0.15, 0.2) is 60.7 Å². The summed E-state index contributed by atoms with van der Waals surface area (Å²) in [6, 6.07) is 20.3. The van der Waals surface area contributed by atoms with Gasteiger partial charge in [-0.15, -0.1) is 0 Å². The van der Waals surface area contributed by atoms with Gasteiger partial charge in [-0.3, -0.25) is 14.7 Å². The summed E-state index contributed by atoms with van der Waals surface area (Å²) in [5.41, 5.74) is 5.37. The van der Waals surface area contributed by atoms with Crippen LogP contribution in [-0.4, -0.2) is 51.9 Å². The second kappa shape index (κ2) is 9.81. The molecule has 0 radical (unpaired) electrons. The minimum Gasteiger partial charge on any atom is -0.345 e. The summed E-state index contributed by atoms with van der Waals surface area (Å²) in [5.74, 6) is -0.141. The molecule has 3 aromatic rings. The minimum atomic E-state index is -0.255. The Balaban J connectivity index is 1.24. The molecular formula is C26H30N4O2. The van der Waals surface area contributed by atoms with E-state index in [1.54, 1.807) is 9.80 Å². The van der Waals surface area contributed by atoms with Gasteiger partial charge >= 0.3 is 0 Å². The third kappa shape index (κ3) is 5.25. The summed E-state index contributed by atoms with van der Waals surface area (Å²) in [6.07, 6.45) is 1.96. The van der Waals surface area contributed by atoms with E-state index in [0.717, 1.165) is 35.4 Å². The lowest BCUT2D eigenvalue weighted by atomic mass is 10.1. The average Bonchev–Trinajstić information content (AvgIpc) is 3.42. The molecule has 0 saturated carbocycles. The van der Waals surface area contributed by atoms with Gasteiger partial charge in [0.25, 0.3) is 0 Å². The maximum absolute atomic E-state index is 12.9. The molecule has 0 bridgehead atoms. The predicted octanol–water partition coefficient (Wildman–Crippen LogP) is 3.82. The number of benzene rings is 2. The van der Waals surface area contributed by atoms with Gasteiger partial charge in [-0.05, 0) is 31.4 Å². The van der Waals surface area contributed by atoms with Crippen molar-refractivity contribution < 1.29 is 9.59 Å². The van der Waals surface area contributed by atoms with Crippen molar-refractivity contribution in [1.82, 2.24) is 20.0 Å². The lowest BCUT2D eigenvalue weighted by molar-refractivity contribution is -0.134. The number of aromatic nitrogens is 2. The van der Waals surface area contributed by atoms with Crippen LogP contribution in [0.25, 0.3) is 11.3 Å². The quantitative estimate of drug-likeness (QED) is 0.591. The van der Waals surface area contributed by atoms with Crippen molar-refractivity contribution in [2.45, 2.75) is 32.7 Å². The Labute approximate surface area is 189 Å². The Bertz CT molecular complexity index is 1060. The lowest BCUT2D eigenvalue weighted by Gasteiger charge is -2.21. The van der Waals surface area contributed by atoms with Crippen molar-refractivity contribution in [1.29, 1.82) is 0 Å². The standard InChI is InChI=1S/C26H30N4O2/c1-19-10-12-20(13-11-19)17-30-18-22(15-25(30)31)26(32)29(2)14-6-9-23-16-24(28-27-23)21-7-4-3-5-8-21/h3-5,7-8,10-13,16,22H,6,9,14-15,17-18H2,1-2H3,(H,27,28). The number of hydrogen-bond acceptors (Lipinski definition) is 3. The van der Waals surface area contributed by atoms with Crippen molar-refractivity contribution in [2.24, 2.45) is 5.92 Å². The molecule has 1 fully saturated rings. The van der Waals surface area contributed by atoms with Gasteiger partial charge in [0.2, 0.25) is 11.8 Å². The van der Waals surface area contributed by atoms with E-state index in [9.17, 15) is 9.59 Å². The van der Waals surface area contributed by atoms with Gasteiger partial charge in [-0.1, -0.05) is 60.2 Å². The molecule has 2 amide bonds. The van der Waals surface area contributed by atoms with Gasteiger partial charge in [0.1, 0.15) is 0 Å². The number of hydrogen-bond donors (Lipinski definition) is 1. The van der Waals surface area contributed by atoms with Crippen LogP contribution in [0.4, 0.5) is 0 Å². The topological polar surface area (TPSA) is 69.3 Å². The van der Waals surface area contributed by atoms with Gasteiger partial charge in [0.05, 0.1) is 11.6 Å². The van der Waals surface area contributed by atoms with E-state index in [1.807, 2.05) is 56.4 Å². The Kier molecular flexibility index (Phi) is 6.69. The first-order valence-corrected chi connectivity index (χ1v) is 11.2. The minimum absolute atomic E-state index is 0.0549. The number of likely N-dealkylation sites (tertiary alicyclic amines) is 1. The van der Waals surface area contributed by atoms with E-state index in [-0.39, 0.29) is 17.7 Å². The molecular weight excluding hydrogens is 400 g/mol. The van der Waals surface area contributed by atoms with Crippen molar-refractivity contribution >= 4 is 11.8 Å². The SMILES string of the molecule is Cc1ccc(CN2CC(C(=O)N(C)CCCc3cc(-c4ccccc4)n[nH]3)CC2=O)cc1. The molecule has 1 aromatic heterocycles. The van der Waals surface area contributed by atoms with E-state index in [0.29, 0.717) is 26.1 Å². The monoisotopic (exact) mass is 430 g/mol. The molecule has 1 aliphatic rings. The Morgan fingerprint density at radius 2 is 1.91 bits per heavy atom. The maximum atomic E-state index is 12.9. The maximum Gasteiger partial charge on any atom is 0.227 e. The highest BCUT2D eigenvalue weighted by Crippen LogP contribution is 2.22. The Morgan fingerprint density at radius 3 is 2.66 bits per heavy atom. The number of amides is 2. The number of nitrogens with one attached hydrogen (secondary N) is 1. The molecule has 1 saturated heterocycles. The van der Waals surface area contributed by atoms with Gasteiger partial charge < -0.3 is 9.80 Å². The van der Waals surface area contributed by atoms with Gasteiger partial charge in [0, 0.05) is 44.4 Å².